The second-order valence-corrected chi connectivity index (χ2v) is 5.60. The first-order valence-electron chi connectivity index (χ1n) is 6.28. The van der Waals surface area contributed by atoms with Gasteiger partial charge < -0.3 is 15.8 Å². The molecule has 0 radical (unpaired) electrons. The van der Waals surface area contributed by atoms with Crippen molar-refractivity contribution < 1.29 is 4.74 Å². The molecule has 1 saturated heterocycles. The van der Waals surface area contributed by atoms with E-state index in [-0.39, 0.29) is 5.54 Å². The molecule has 1 aliphatic heterocycles. The van der Waals surface area contributed by atoms with Gasteiger partial charge >= 0.3 is 0 Å². The van der Waals surface area contributed by atoms with E-state index in [1.54, 1.807) is 0 Å². The number of nitrogens with two attached hydrogens (primary N) is 1. The number of ether oxygens (including phenoxy) is 1. The van der Waals surface area contributed by atoms with Crippen LogP contribution in [0.2, 0.25) is 0 Å². The summed E-state index contributed by atoms with van der Waals surface area (Å²) in [6.45, 7) is 12.7. The van der Waals surface area contributed by atoms with Crippen molar-refractivity contribution in [2.45, 2.75) is 39.3 Å². The van der Waals surface area contributed by atoms with E-state index in [0.717, 1.165) is 32.8 Å². The molecule has 1 aliphatic rings. The fourth-order valence-electron chi connectivity index (χ4n) is 1.79. The molecule has 100 valence electrons. The molecular weight excluding hydrogens is 216 g/mol. The lowest BCUT2D eigenvalue weighted by molar-refractivity contribution is 0.0220. The van der Waals surface area contributed by atoms with E-state index in [0.29, 0.717) is 12.0 Å². The van der Waals surface area contributed by atoms with Crippen molar-refractivity contribution in [3.8, 4) is 0 Å². The number of hydrogen-bond donors (Lipinski definition) is 2. The van der Waals surface area contributed by atoms with Crippen molar-refractivity contribution in [3.63, 3.8) is 0 Å². The summed E-state index contributed by atoms with van der Waals surface area (Å²) in [5.41, 5.74) is 5.80. The van der Waals surface area contributed by atoms with Crippen LogP contribution >= 0.6 is 0 Å². The quantitative estimate of drug-likeness (QED) is 0.556. The number of rotatable bonds is 3. The summed E-state index contributed by atoms with van der Waals surface area (Å²) >= 11 is 0. The molecule has 3 N–H and O–H groups in total. The molecule has 0 aromatic carbocycles. The molecule has 5 nitrogen and oxygen atoms in total. The molecule has 0 saturated carbocycles. The van der Waals surface area contributed by atoms with Crippen LogP contribution in [-0.2, 0) is 4.74 Å². The number of nitrogens with zero attached hydrogens (tertiary/aromatic N) is 2. The highest BCUT2D eigenvalue weighted by Crippen LogP contribution is 2.04. The van der Waals surface area contributed by atoms with Crippen LogP contribution in [0.5, 0.6) is 0 Å². The first-order valence-corrected chi connectivity index (χ1v) is 6.28. The van der Waals surface area contributed by atoms with Gasteiger partial charge in [-0.05, 0) is 27.7 Å². The van der Waals surface area contributed by atoms with Crippen LogP contribution in [-0.4, -0.2) is 55.3 Å². The van der Waals surface area contributed by atoms with Gasteiger partial charge in [-0.15, -0.1) is 0 Å². The summed E-state index contributed by atoms with van der Waals surface area (Å²) in [5.74, 6) is 0.526. The minimum absolute atomic E-state index is 0.0320. The molecule has 0 aliphatic carbocycles. The monoisotopic (exact) mass is 242 g/mol. The van der Waals surface area contributed by atoms with Crippen LogP contribution in [0.3, 0.4) is 0 Å². The highest BCUT2D eigenvalue weighted by atomic mass is 16.5. The molecule has 0 bridgehead atoms. The highest BCUT2D eigenvalue weighted by Gasteiger charge is 2.17. The largest absolute Gasteiger partial charge is 0.379 e. The molecule has 0 spiro atoms. The molecule has 1 fully saturated rings. The average Bonchev–Trinajstić information content (AvgIpc) is 2.25. The van der Waals surface area contributed by atoms with Gasteiger partial charge in [0.2, 0.25) is 0 Å². The first kappa shape index (κ1) is 14.3. The molecule has 0 aromatic heterocycles. The second kappa shape index (κ2) is 6.21. The van der Waals surface area contributed by atoms with E-state index < -0.39 is 0 Å². The predicted octanol–water partition coefficient (Wildman–Crippen LogP) is 0.410. The Bertz CT molecular complexity index is 254. The Kier molecular flexibility index (Phi) is 5.21. The lowest BCUT2D eigenvalue weighted by Gasteiger charge is -2.31. The van der Waals surface area contributed by atoms with Gasteiger partial charge in [0.15, 0.2) is 5.96 Å². The van der Waals surface area contributed by atoms with Gasteiger partial charge in [-0.25, -0.2) is 0 Å². The van der Waals surface area contributed by atoms with E-state index in [1.807, 2.05) is 0 Å². The topological polar surface area (TPSA) is 62.9 Å². The summed E-state index contributed by atoms with van der Waals surface area (Å²) in [5, 5.41) is 3.16. The maximum atomic E-state index is 5.83. The zero-order valence-electron chi connectivity index (χ0n) is 11.5. The number of aliphatic imine (C=N–C) groups is 1. The van der Waals surface area contributed by atoms with E-state index in [9.17, 15) is 0 Å². The molecule has 1 heterocycles. The molecular formula is C12H26N4O. The molecule has 17 heavy (non-hydrogen) atoms. The molecule has 5 heteroatoms. The molecule has 0 aromatic rings. The maximum Gasteiger partial charge on any atom is 0.189 e. The molecule has 1 rings (SSSR count). The number of hydrogen-bond acceptors (Lipinski definition) is 3. The zero-order chi connectivity index (χ0) is 12.9. The van der Waals surface area contributed by atoms with E-state index in [4.69, 9.17) is 10.5 Å². The predicted molar refractivity (Wildman–Crippen MR) is 71.2 cm³/mol. The van der Waals surface area contributed by atoms with Crippen LogP contribution in [0.4, 0.5) is 0 Å². The Balaban J connectivity index is 2.35. The van der Waals surface area contributed by atoms with Crippen LogP contribution in [0.1, 0.15) is 27.7 Å². The lowest BCUT2D eigenvalue weighted by atomic mass is 10.1. The van der Waals surface area contributed by atoms with Gasteiger partial charge in [0.25, 0.3) is 0 Å². The van der Waals surface area contributed by atoms with Crippen LogP contribution < -0.4 is 11.1 Å². The van der Waals surface area contributed by atoms with Gasteiger partial charge in [-0.2, -0.15) is 0 Å². The summed E-state index contributed by atoms with van der Waals surface area (Å²) < 4.78 is 5.33. The van der Waals surface area contributed by atoms with Crippen molar-refractivity contribution in [2.24, 2.45) is 10.7 Å². The van der Waals surface area contributed by atoms with E-state index in [2.05, 4.69) is 42.9 Å². The Morgan fingerprint density at radius 3 is 2.53 bits per heavy atom. The average molecular weight is 242 g/mol. The molecule has 0 amide bonds. The zero-order valence-corrected chi connectivity index (χ0v) is 11.5. The van der Waals surface area contributed by atoms with Crippen molar-refractivity contribution >= 4 is 5.96 Å². The SMILES string of the molecule is CC(CN=C(N)NC(C)(C)C)N1CCOCC1. The standard InChI is InChI=1S/C12H26N4O/c1-10(16-5-7-17-8-6-16)9-14-11(13)15-12(2,3)4/h10H,5-9H2,1-4H3,(H3,13,14,15). The third kappa shape index (κ3) is 5.89. The molecule has 1 atom stereocenters. The fourth-order valence-corrected chi connectivity index (χ4v) is 1.79. The maximum absolute atomic E-state index is 5.83. The van der Waals surface area contributed by atoms with Gasteiger partial charge in [0.05, 0.1) is 19.8 Å². The smallest absolute Gasteiger partial charge is 0.189 e. The Labute approximate surface area is 104 Å². The van der Waals surface area contributed by atoms with E-state index in [1.165, 1.54) is 0 Å². The second-order valence-electron chi connectivity index (χ2n) is 5.60. The summed E-state index contributed by atoms with van der Waals surface area (Å²) in [7, 11) is 0. The van der Waals surface area contributed by atoms with Crippen LogP contribution in [0.15, 0.2) is 4.99 Å². The Morgan fingerprint density at radius 2 is 2.00 bits per heavy atom. The molecule has 1 unspecified atom stereocenters. The van der Waals surface area contributed by atoms with Crippen molar-refractivity contribution in [1.82, 2.24) is 10.2 Å². The van der Waals surface area contributed by atoms with E-state index >= 15 is 0 Å². The minimum atomic E-state index is -0.0320. The number of guanidine groups is 1. The third-order valence-electron chi connectivity index (χ3n) is 2.70. The van der Waals surface area contributed by atoms with Gasteiger partial charge in [0.1, 0.15) is 0 Å². The van der Waals surface area contributed by atoms with Crippen LogP contribution in [0.25, 0.3) is 0 Å². The minimum Gasteiger partial charge on any atom is -0.379 e. The van der Waals surface area contributed by atoms with Crippen molar-refractivity contribution in [2.75, 3.05) is 32.8 Å². The number of morpholine rings is 1. The highest BCUT2D eigenvalue weighted by molar-refractivity contribution is 5.78. The Hall–Kier alpha value is -0.810. The third-order valence-corrected chi connectivity index (χ3v) is 2.70. The summed E-state index contributed by atoms with van der Waals surface area (Å²) in [6.07, 6.45) is 0. The van der Waals surface area contributed by atoms with Crippen molar-refractivity contribution in [3.05, 3.63) is 0 Å². The first-order chi connectivity index (χ1) is 7.88. The lowest BCUT2D eigenvalue weighted by Crippen LogP contribution is -2.46. The van der Waals surface area contributed by atoms with Crippen molar-refractivity contribution in [1.29, 1.82) is 0 Å². The summed E-state index contributed by atoms with van der Waals surface area (Å²) in [6, 6.07) is 0.416. The normalized spacial score (nSPS) is 21.3. The fraction of sp³-hybridized carbons (Fsp3) is 0.917. The van der Waals surface area contributed by atoms with Gasteiger partial charge in [0, 0.05) is 24.7 Å². The van der Waals surface area contributed by atoms with Crippen LogP contribution in [0, 0.1) is 0 Å². The van der Waals surface area contributed by atoms with Gasteiger partial charge in [-0.1, -0.05) is 0 Å². The Morgan fingerprint density at radius 1 is 1.41 bits per heavy atom. The number of nitrogens with one attached hydrogen (secondary N) is 1. The summed E-state index contributed by atoms with van der Waals surface area (Å²) in [4.78, 5) is 6.77. The van der Waals surface area contributed by atoms with Gasteiger partial charge in [-0.3, -0.25) is 9.89 Å².